The molecule has 0 saturated carbocycles. The Balaban J connectivity index is 2.70. The van der Waals surface area contributed by atoms with Crippen molar-refractivity contribution in [1.29, 1.82) is 0 Å². The van der Waals surface area contributed by atoms with Gasteiger partial charge in [0.15, 0.2) is 0 Å². The van der Waals surface area contributed by atoms with E-state index in [1.54, 1.807) is 12.1 Å². The molecule has 0 bridgehead atoms. The lowest BCUT2D eigenvalue weighted by molar-refractivity contribution is -0.136. The summed E-state index contributed by atoms with van der Waals surface area (Å²) in [6.07, 6.45) is -3.25. The fourth-order valence-electron chi connectivity index (χ4n) is 1.50. The molecule has 1 aromatic rings. The summed E-state index contributed by atoms with van der Waals surface area (Å²) in [6.45, 7) is -0.0209. The second-order valence-electron chi connectivity index (χ2n) is 3.76. The van der Waals surface area contributed by atoms with Crippen LogP contribution in [-0.4, -0.2) is 24.0 Å². The van der Waals surface area contributed by atoms with E-state index in [0.717, 1.165) is 4.90 Å². The summed E-state index contributed by atoms with van der Waals surface area (Å²) in [5.41, 5.74) is 6.20. The van der Waals surface area contributed by atoms with Crippen molar-refractivity contribution < 1.29 is 17.9 Å². The van der Waals surface area contributed by atoms with Gasteiger partial charge in [0, 0.05) is 11.3 Å². The van der Waals surface area contributed by atoms with Crippen LogP contribution in [0.2, 0.25) is 0 Å². The molecule has 2 N–H and O–H groups in total. The second kappa shape index (κ2) is 7.00. The lowest BCUT2D eigenvalue weighted by Crippen LogP contribution is -2.14. The van der Waals surface area contributed by atoms with Gasteiger partial charge in [0.1, 0.15) is 10.7 Å². The molecule has 0 aliphatic rings. The molecule has 1 rings (SSSR count). The average molecular weight is 309 g/mol. The van der Waals surface area contributed by atoms with E-state index < -0.39 is 12.6 Å². The third kappa shape index (κ3) is 5.28. The van der Waals surface area contributed by atoms with Gasteiger partial charge in [-0.3, -0.25) is 0 Å². The highest BCUT2D eigenvalue weighted by molar-refractivity contribution is 7.98. The Morgan fingerprint density at radius 2 is 2.11 bits per heavy atom. The quantitative estimate of drug-likeness (QED) is 0.493. The van der Waals surface area contributed by atoms with E-state index in [1.165, 1.54) is 11.8 Å². The summed E-state index contributed by atoms with van der Waals surface area (Å²) in [7, 11) is 0. The van der Waals surface area contributed by atoms with Crippen molar-refractivity contribution in [1.82, 2.24) is 0 Å². The summed E-state index contributed by atoms with van der Waals surface area (Å²) in [5.74, 6) is 0.432. The minimum Gasteiger partial charge on any atom is -0.493 e. The van der Waals surface area contributed by atoms with E-state index in [2.05, 4.69) is 0 Å². The van der Waals surface area contributed by atoms with Crippen LogP contribution in [0.4, 0.5) is 13.2 Å². The van der Waals surface area contributed by atoms with Gasteiger partial charge in [0.05, 0.1) is 12.2 Å². The van der Waals surface area contributed by atoms with Crippen LogP contribution in [0.15, 0.2) is 23.1 Å². The summed E-state index contributed by atoms with van der Waals surface area (Å²) >= 11 is 6.40. The summed E-state index contributed by atoms with van der Waals surface area (Å²) < 4.78 is 41.4. The number of ether oxygens (including phenoxy) is 1. The molecule has 19 heavy (non-hydrogen) atoms. The zero-order chi connectivity index (χ0) is 14.5. The minimum atomic E-state index is -4.16. The Kier molecular flexibility index (Phi) is 5.93. The topological polar surface area (TPSA) is 35.2 Å². The normalized spacial score (nSPS) is 11.4. The highest BCUT2D eigenvalue weighted by Crippen LogP contribution is 2.29. The number of hydrogen-bond donors (Lipinski definition) is 1. The minimum absolute atomic E-state index is 0.0209. The number of thiocarbonyl (C=S) groups is 1. The smallest absolute Gasteiger partial charge is 0.389 e. The van der Waals surface area contributed by atoms with Crippen LogP contribution in [0.1, 0.15) is 18.4 Å². The van der Waals surface area contributed by atoms with Crippen LogP contribution in [0.3, 0.4) is 0 Å². The molecule has 0 fully saturated rings. The Morgan fingerprint density at radius 3 is 2.63 bits per heavy atom. The summed E-state index contributed by atoms with van der Waals surface area (Å²) in [5, 5.41) is 0. The number of rotatable bonds is 6. The van der Waals surface area contributed by atoms with E-state index in [9.17, 15) is 13.2 Å². The third-order valence-electron chi connectivity index (χ3n) is 2.32. The zero-order valence-electron chi connectivity index (χ0n) is 10.3. The average Bonchev–Trinajstić information content (AvgIpc) is 2.32. The van der Waals surface area contributed by atoms with Gasteiger partial charge >= 0.3 is 6.18 Å². The number of benzene rings is 1. The molecule has 7 heteroatoms. The van der Waals surface area contributed by atoms with Crippen LogP contribution in [-0.2, 0) is 0 Å². The van der Waals surface area contributed by atoms with Crippen molar-refractivity contribution in [2.75, 3.05) is 12.9 Å². The molecule has 0 aromatic heterocycles. The number of hydrogen-bond acceptors (Lipinski definition) is 3. The highest BCUT2D eigenvalue weighted by Gasteiger charge is 2.26. The van der Waals surface area contributed by atoms with Gasteiger partial charge in [0.25, 0.3) is 0 Å². The molecule has 0 aliphatic carbocycles. The Bertz CT molecular complexity index is 449. The van der Waals surface area contributed by atoms with Crippen LogP contribution in [0.25, 0.3) is 0 Å². The predicted molar refractivity (Wildman–Crippen MR) is 74.9 cm³/mol. The first-order valence-corrected chi connectivity index (χ1v) is 7.15. The van der Waals surface area contributed by atoms with Crippen LogP contribution in [0.5, 0.6) is 5.75 Å². The molecule has 0 aliphatic heterocycles. The second-order valence-corrected chi connectivity index (χ2v) is 5.05. The fourth-order valence-corrected chi connectivity index (χ4v) is 2.40. The Morgan fingerprint density at radius 1 is 1.42 bits per heavy atom. The van der Waals surface area contributed by atoms with Gasteiger partial charge in [0.2, 0.25) is 0 Å². The first-order valence-electron chi connectivity index (χ1n) is 5.51. The molecule has 0 spiro atoms. The van der Waals surface area contributed by atoms with Crippen molar-refractivity contribution in [2.24, 2.45) is 5.73 Å². The van der Waals surface area contributed by atoms with Gasteiger partial charge in [-0.2, -0.15) is 13.2 Å². The van der Waals surface area contributed by atoms with E-state index in [-0.39, 0.29) is 18.0 Å². The van der Waals surface area contributed by atoms with Gasteiger partial charge in [-0.25, -0.2) is 0 Å². The molecular formula is C12H14F3NOS2. The van der Waals surface area contributed by atoms with Gasteiger partial charge < -0.3 is 10.5 Å². The molecule has 0 radical (unpaired) electrons. The van der Waals surface area contributed by atoms with Crippen molar-refractivity contribution >= 4 is 29.0 Å². The number of thioether (sulfide) groups is 1. The molecule has 0 saturated heterocycles. The van der Waals surface area contributed by atoms with Crippen LogP contribution in [0, 0.1) is 0 Å². The third-order valence-corrected chi connectivity index (χ3v) is 3.30. The molecule has 1 aromatic carbocycles. The Labute approximate surface area is 119 Å². The zero-order valence-corrected chi connectivity index (χ0v) is 11.9. The van der Waals surface area contributed by atoms with E-state index in [4.69, 9.17) is 22.7 Å². The maximum atomic E-state index is 12.0. The largest absolute Gasteiger partial charge is 0.493 e. The van der Waals surface area contributed by atoms with E-state index in [0.29, 0.717) is 11.3 Å². The number of halogens is 3. The van der Waals surface area contributed by atoms with Crippen molar-refractivity contribution in [3.63, 3.8) is 0 Å². The van der Waals surface area contributed by atoms with Crippen molar-refractivity contribution in [3.05, 3.63) is 23.8 Å². The van der Waals surface area contributed by atoms with Crippen molar-refractivity contribution in [3.8, 4) is 5.75 Å². The van der Waals surface area contributed by atoms with E-state index >= 15 is 0 Å². The van der Waals surface area contributed by atoms with Gasteiger partial charge in [-0.15, -0.1) is 11.8 Å². The standard InChI is InChI=1S/C12H14F3NOS2/c1-19-9-5-2-4-8(10(9)11(16)18)17-7-3-6-12(13,14)15/h2,4-5H,3,6-7H2,1H3,(H2,16,18). The number of alkyl halides is 3. The Hall–Kier alpha value is -0.950. The lowest BCUT2D eigenvalue weighted by Gasteiger charge is -2.14. The molecular weight excluding hydrogens is 295 g/mol. The first-order chi connectivity index (χ1) is 8.85. The summed E-state index contributed by atoms with van der Waals surface area (Å²) in [4.78, 5) is 1.02. The molecule has 0 heterocycles. The molecule has 0 atom stereocenters. The molecule has 0 amide bonds. The van der Waals surface area contributed by atoms with Crippen LogP contribution >= 0.6 is 24.0 Å². The van der Waals surface area contributed by atoms with Gasteiger partial charge in [-0.05, 0) is 24.8 Å². The molecule has 106 valence electrons. The predicted octanol–water partition coefficient (Wildman–Crippen LogP) is 3.76. The van der Waals surface area contributed by atoms with Crippen LogP contribution < -0.4 is 10.5 Å². The number of nitrogens with two attached hydrogens (primary N) is 1. The summed E-state index contributed by atoms with van der Waals surface area (Å²) in [6, 6.07) is 5.25. The lowest BCUT2D eigenvalue weighted by atomic mass is 10.2. The molecule has 2 nitrogen and oxygen atoms in total. The fraction of sp³-hybridized carbons (Fsp3) is 0.417. The van der Waals surface area contributed by atoms with E-state index in [1.807, 2.05) is 12.3 Å². The van der Waals surface area contributed by atoms with Crippen molar-refractivity contribution in [2.45, 2.75) is 23.9 Å². The van der Waals surface area contributed by atoms with Gasteiger partial charge in [-0.1, -0.05) is 18.3 Å². The highest BCUT2D eigenvalue weighted by atomic mass is 32.2. The first kappa shape index (κ1) is 16.1. The maximum absolute atomic E-state index is 12.0. The monoisotopic (exact) mass is 309 g/mol. The maximum Gasteiger partial charge on any atom is 0.389 e. The molecule has 0 unspecified atom stereocenters. The SMILES string of the molecule is CSc1cccc(OCCCC(F)(F)F)c1C(N)=S.